The SMILES string of the molecule is C.C.C.N#Cc1cccc(-c2nc(Oc3ccccc3)c3cccn3n2)n1.N#Cc1cccc(Br)n1.NC(=O)c1cccc(-c2nc(Nc3ccncc3F)c3cccn3n2)n1.Nc1ccncc1F.[CH3][Sn]([CH3])([CH3])[CH3]. The van der Waals surface area contributed by atoms with Crippen LogP contribution in [0.4, 0.5) is 26.0 Å². The Morgan fingerprint density at radius 3 is 1.76 bits per heavy atom. The molecule has 0 atom stereocenters. The van der Waals surface area contributed by atoms with Crippen molar-refractivity contribution in [2.75, 3.05) is 11.1 Å². The molecule has 10 rings (SSSR count). The van der Waals surface area contributed by atoms with Gasteiger partial charge in [-0.05, 0) is 101 Å². The molecule has 0 aliphatic rings. The van der Waals surface area contributed by atoms with Crippen molar-refractivity contribution in [3.8, 4) is 46.8 Å². The number of primary amides is 1. The van der Waals surface area contributed by atoms with Crippen LogP contribution in [0.3, 0.4) is 0 Å². The number of fused-ring (bicyclic) bond motifs is 2. The van der Waals surface area contributed by atoms with Gasteiger partial charge in [-0.15, -0.1) is 10.2 Å². The molecule has 5 N–H and O–H groups in total. The number of carbonyl (C=O) groups is 1. The number of ether oxygens (including phenoxy) is 1. The number of nitrogens with one attached hydrogen (secondary N) is 1. The van der Waals surface area contributed by atoms with Gasteiger partial charge in [0.25, 0.3) is 5.91 Å². The number of para-hydroxylation sites is 1. The molecule has 18 nitrogen and oxygen atoms in total. The molecule has 22 heteroatoms. The van der Waals surface area contributed by atoms with E-state index >= 15 is 0 Å². The van der Waals surface area contributed by atoms with Gasteiger partial charge in [-0.25, -0.2) is 37.7 Å². The van der Waals surface area contributed by atoms with Gasteiger partial charge in [0.15, 0.2) is 17.5 Å². The molecule has 10 aromatic rings. The van der Waals surface area contributed by atoms with Crippen molar-refractivity contribution in [3.63, 3.8) is 0 Å². The van der Waals surface area contributed by atoms with E-state index in [1.165, 1.54) is 30.6 Å². The second-order valence-corrected chi connectivity index (χ2v) is 34.2. The number of halogens is 3. The Morgan fingerprint density at radius 2 is 1.20 bits per heavy atom. The quantitative estimate of drug-likeness (QED) is 0.0989. The minimum absolute atomic E-state index is 0. The van der Waals surface area contributed by atoms with Crippen molar-refractivity contribution in [1.29, 1.82) is 10.5 Å². The number of nitrogens with two attached hydrogens (primary N) is 2. The first-order valence-corrected chi connectivity index (χ1v) is 33.6. The summed E-state index contributed by atoms with van der Waals surface area (Å²) in [5, 5.41) is 29.1. The van der Waals surface area contributed by atoms with Crippen LogP contribution in [0.1, 0.15) is 44.2 Å². The third kappa shape index (κ3) is 18.3. The van der Waals surface area contributed by atoms with Crippen LogP contribution in [0.15, 0.2) is 163 Å². The molecular weight excluding hydrogens is 1130 g/mol. The van der Waals surface area contributed by atoms with Gasteiger partial charge in [0.1, 0.15) is 62.0 Å². The van der Waals surface area contributed by atoms with E-state index in [9.17, 15) is 13.6 Å². The van der Waals surface area contributed by atoms with Gasteiger partial charge in [0, 0.05) is 24.8 Å². The number of rotatable bonds is 7. The van der Waals surface area contributed by atoms with Crippen LogP contribution < -0.4 is 21.5 Å². The Hall–Kier alpha value is -8.80. The standard InChI is InChI=1S/C18H11N5O.C17H12FN7O.C6H3BrN2.C5H5FN2.3CH4.4CH3.Sn/c19-12-13-6-4-9-15(20-13)17-21-18(16-10-5-11-23(16)22-17)24-14-7-2-1-3-8-14;18-10-9-20-7-6-11(10)22-17-14-5-2-8-25(14)24-16(23-17)13-4-1-3-12(21-13)15(19)26;7-6-3-1-2-5(4-8)9-6;6-4-3-8-2-1-5(4)7;;;;;;;;/h1-11H;1-9H,(H2,19,26)(H,20,22,23,24);1-3H;1-3H,(H2,7,8);3*1H4;4*1H3;. The molecule has 0 bridgehead atoms. The second kappa shape index (κ2) is 29.0. The van der Waals surface area contributed by atoms with E-state index in [-0.39, 0.29) is 45.2 Å². The molecule has 0 aliphatic carbocycles. The van der Waals surface area contributed by atoms with Gasteiger partial charge >= 0.3 is 38.1 Å². The van der Waals surface area contributed by atoms with Crippen LogP contribution in [0.5, 0.6) is 11.6 Å². The summed E-state index contributed by atoms with van der Waals surface area (Å²) in [6, 6.07) is 38.8. The van der Waals surface area contributed by atoms with Gasteiger partial charge in [-0.3, -0.25) is 14.8 Å². The minimum atomic E-state index is -1.18. The molecule has 75 heavy (non-hydrogen) atoms. The first-order chi connectivity index (χ1) is 34.6. The van der Waals surface area contributed by atoms with Crippen molar-refractivity contribution in [2.45, 2.75) is 42.0 Å². The summed E-state index contributed by atoms with van der Waals surface area (Å²) in [6.07, 6.45) is 8.64. The Morgan fingerprint density at radius 1 is 0.653 bits per heavy atom. The van der Waals surface area contributed by atoms with Crippen molar-refractivity contribution in [1.82, 2.24) is 54.1 Å². The van der Waals surface area contributed by atoms with Crippen LogP contribution in [-0.2, 0) is 0 Å². The van der Waals surface area contributed by atoms with Gasteiger partial charge < -0.3 is 21.5 Å². The van der Waals surface area contributed by atoms with E-state index in [1.807, 2.05) is 60.8 Å². The zero-order chi connectivity index (χ0) is 51.6. The molecule has 0 saturated carbocycles. The fourth-order valence-electron chi connectivity index (χ4n) is 5.60. The van der Waals surface area contributed by atoms with Crippen LogP contribution in [0.25, 0.3) is 34.1 Å². The number of carbonyl (C=O) groups excluding carboxylic acids is 1. The Bertz CT molecular complexity index is 3500. The molecular formula is C53H55BrF2N16O2Sn. The molecule has 9 heterocycles. The van der Waals surface area contributed by atoms with E-state index < -0.39 is 35.9 Å². The predicted octanol–water partition coefficient (Wildman–Crippen LogP) is 12.0. The normalized spacial score (nSPS) is 9.88. The zero-order valence-corrected chi connectivity index (χ0v) is 43.4. The molecule has 0 fully saturated rings. The monoisotopic (exact) mass is 1180 g/mol. The summed E-state index contributed by atoms with van der Waals surface area (Å²) < 4.78 is 35.9. The van der Waals surface area contributed by atoms with Gasteiger partial charge in [0.2, 0.25) is 17.5 Å². The van der Waals surface area contributed by atoms with Crippen LogP contribution in [0.2, 0.25) is 19.8 Å². The molecule has 0 aliphatic heterocycles. The third-order valence-electron chi connectivity index (χ3n) is 8.69. The molecule has 1 aromatic carbocycles. The summed E-state index contributed by atoms with van der Waals surface area (Å²) in [7, 11) is 0. The number of anilines is 3. The molecule has 384 valence electrons. The van der Waals surface area contributed by atoms with Gasteiger partial charge in [-0.1, -0.05) is 58.7 Å². The number of hydrogen-bond acceptors (Lipinski definition) is 15. The van der Waals surface area contributed by atoms with Gasteiger partial charge in [-0.2, -0.15) is 15.5 Å². The molecule has 0 saturated heterocycles. The molecule has 9 aromatic heterocycles. The molecule has 1 amide bonds. The fraction of sp³-hybridized carbons (Fsp3) is 0.132. The summed E-state index contributed by atoms with van der Waals surface area (Å²) in [5.74, 6) is 0.529. The number of aromatic nitrogens is 11. The third-order valence-corrected chi connectivity index (χ3v) is 9.13. The number of nitriles is 2. The van der Waals surface area contributed by atoms with Gasteiger partial charge in [0.05, 0.1) is 23.8 Å². The Balaban J connectivity index is 0.000000276. The van der Waals surface area contributed by atoms with E-state index in [1.54, 1.807) is 75.9 Å². The summed E-state index contributed by atoms with van der Waals surface area (Å²) >= 11 is 1.96. The van der Waals surface area contributed by atoms with Crippen molar-refractivity contribution in [2.24, 2.45) is 5.73 Å². The summed E-state index contributed by atoms with van der Waals surface area (Å²) in [6.45, 7) is 0. The number of benzene rings is 1. The summed E-state index contributed by atoms with van der Waals surface area (Å²) in [5.41, 5.74) is 13.9. The van der Waals surface area contributed by atoms with Crippen molar-refractivity contribution < 1.29 is 18.3 Å². The average molecular weight is 1180 g/mol. The topological polar surface area (TPSA) is 263 Å². The number of nitrogen functional groups attached to an aromatic ring is 1. The summed E-state index contributed by atoms with van der Waals surface area (Å²) in [4.78, 5) is 49.3. The van der Waals surface area contributed by atoms with E-state index in [0.29, 0.717) is 56.2 Å². The average Bonchev–Trinajstić information content (AvgIpc) is 4.07. The van der Waals surface area contributed by atoms with Crippen molar-refractivity contribution in [3.05, 3.63) is 192 Å². The Labute approximate surface area is 446 Å². The first-order valence-electron chi connectivity index (χ1n) is 21.4. The predicted molar refractivity (Wildman–Crippen MR) is 294 cm³/mol. The fourth-order valence-corrected chi connectivity index (χ4v) is 5.95. The van der Waals surface area contributed by atoms with Crippen LogP contribution in [-0.4, -0.2) is 78.4 Å². The Kier molecular flexibility index (Phi) is 23.4. The number of pyridine rings is 5. The van der Waals surface area contributed by atoms with Crippen molar-refractivity contribution >= 4 is 68.4 Å². The van der Waals surface area contributed by atoms with E-state index in [2.05, 4.69) is 86.1 Å². The molecule has 0 spiro atoms. The molecule has 0 unspecified atom stereocenters. The maximum absolute atomic E-state index is 13.9. The van der Waals surface area contributed by atoms with Crippen LogP contribution >= 0.6 is 15.9 Å². The van der Waals surface area contributed by atoms with E-state index in [0.717, 1.165) is 17.9 Å². The number of amides is 1. The second-order valence-electron chi connectivity index (χ2n) is 16.2. The first kappa shape index (κ1) is 60.5. The van der Waals surface area contributed by atoms with E-state index in [4.69, 9.17) is 26.7 Å². The molecule has 0 radical (unpaired) electrons. The van der Waals surface area contributed by atoms with Crippen LogP contribution in [0, 0.1) is 34.3 Å². The zero-order valence-electron chi connectivity index (χ0n) is 38.9. The number of hydrogen-bond donors (Lipinski definition) is 3. The number of nitrogens with zero attached hydrogens (tertiary/aromatic N) is 13. The maximum atomic E-state index is 13.9.